The van der Waals surface area contributed by atoms with Crippen molar-refractivity contribution in [2.24, 2.45) is 11.1 Å². The van der Waals surface area contributed by atoms with Gasteiger partial charge in [0.05, 0.1) is 0 Å². The summed E-state index contributed by atoms with van der Waals surface area (Å²) >= 11 is 1.62. The van der Waals surface area contributed by atoms with Crippen LogP contribution in [0.15, 0.2) is 0 Å². The van der Waals surface area contributed by atoms with E-state index in [1.807, 2.05) is 4.52 Å². The van der Waals surface area contributed by atoms with E-state index in [4.69, 9.17) is 10.8 Å². The SMILES string of the molecule is CC(C)(C)C(N)Cc1nn2c(C3CCCCC3)nnc2s1. The molecule has 1 fully saturated rings. The average molecular weight is 307 g/mol. The fourth-order valence-corrected chi connectivity index (χ4v) is 3.76. The van der Waals surface area contributed by atoms with Gasteiger partial charge in [-0.3, -0.25) is 0 Å². The Labute approximate surface area is 129 Å². The van der Waals surface area contributed by atoms with Crippen LogP contribution < -0.4 is 5.73 Å². The predicted molar refractivity (Wildman–Crippen MR) is 85.6 cm³/mol. The Morgan fingerprint density at radius 1 is 1.24 bits per heavy atom. The second-order valence-corrected chi connectivity index (χ2v) is 8.30. The molecule has 0 radical (unpaired) electrons. The van der Waals surface area contributed by atoms with Crippen molar-refractivity contribution in [3.63, 3.8) is 0 Å². The molecule has 1 atom stereocenters. The third kappa shape index (κ3) is 3.11. The monoisotopic (exact) mass is 307 g/mol. The van der Waals surface area contributed by atoms with E-state index in [2.05, 4.69) is 31.0 Å². The van der Waals surface area contributed by atoms with Gasteiger partial charge in [0.15, 0.2) is 5.82 Å². The van der Waals surface area contributed by atoms with Crippen LogP contribution in [0.3, 0.4) is 0 Å². The van der Waals surface area contributed by atoms with E-state index < -0.39 is 0 Å². The summed E-state index contributed by atoms with van der Waals surface area (Å²) in [4.78, 5) is 0.909. The lowest BCUT2D eigenvalue weighted by molar-refractivity contribution is 0.317. The van der Waals surface area contributed by atoms with Crippen LogP contribution in [0.25, 0.3) is 4.96 Å². The normalized spacial score (nSPS) is 19.2. The zero-order chi connectivity index (χ0) is 15.0. The van der Waals surface area contributed by atoms with E-state index in [-0.39, 0.29) is 11.5 Å². The van der Waals surface area contributed by atoms with Crippen LogP contribution in [0.4, 0.5) is 0 Å². The number of nitrogens with two attached hydrogens (primary N) is 1. The Balaban J connectivity index is 1.82. The molecule has 21 heavy (non-hydrogen) atoms. The maximum Gasteiger partial charge on any atom is 0.234 e. The molecule has 5 nitrogen and oxygen atoms in total. The summed E-state index contributed by atoms with van der Waals surface area (Å²) in [6.45, 7) is 6.52. The minimum absolute atomic E-state index is 0.0954. The van der Waals surface area contributed by atoms with E-state index in [0.29, 0.717) is 5.92 Å². The molecule has 0 bridgehead atoms. The molecule has 2 heterocycles. The molecule has 1 aliphatic carbocycles. The van der Waals surface area contributed by atoms with Gasteiger partial charge in [0.25, 0.3) is 0 Å². The van der Waals surface area contributed by atoms with Crippen molar-refractivity contribution >= 4 is 16.3 Å². The number of aromatic nitrogens is 4. The van der Waals surface area contributed by atoms with Crippen LogP contribution in [0, 0.1) is 5.41 Å². The average Bonchev–Trinajstić information content (AvgIpc) is 2.98. The van der Waals surface area contributed by atoms with Crippen LogP contribution in [-0.4, -0.2) is 25.9 Å². The molecule has 0 amide bonds. The summed E-state index contributed by atoms with van der Waals surface area (Å²) in [5.74, 6) is 1.58. The van der Waals surface area contributed by atoms with Gasteiger partial charge < -0.3 is 5.73 Å². The van der Waals surface area contributed by atoms with Gasteiger partial charge in [-0.2, -0.15) is 9.61 Å². The molecule has 2 aromatic heterocycles. The van der Waals surface area contributed by atoms with Gasteiger partial charge in [-0.25, -0.2) is 0 Å². The smallest absolute Gasteiger partial charge is 0.234 e. The Morgan fingerprint density at radius 3 is 2.62 bits per heavy atom. The molecule has 1 saturated carbocycles. The molecular formula is C15H25N5S. The van der Waals surface area contributed by atoms with E-state index in [9.17, 15) is 0 Å². The van der Waals surface area contributed by atoms with Crippen molar-refractivity contribution < 1.29 is 0 Å². The van der Waals surface area contributed by atoms with Crippen LogP contribution in [-0.2, 0) is 6.42 Å². The predicted octanol–water partition coefficient (Wildman–Crippen LogP) is 3.15. The summed E-state index contributed by atoms with van der Waals surface area (Å²) in [6.07, 6.45) is 7.18. The highest BCUT2D eigenvalue weighted by Gasteiger charge is 2.25. The molecule has 6 heteroatoms. The summed E-state index contributed by atoms with van der Waals surface area (Å²) in [5, 5.41) is 14.5. The van der Waals surface area contributed by atoms with Gasteiger partial charge >= 0.3 is 0 Å². The fraction of sp³-hybridized carbons (Fsp3) is 0.800. The summed E-state index contributed by atoms with van der Waals surface area (Å²) in [6, 6.07) is 0.111. The summed E-state index contributed by atoms with van der Waals surface area (Å²) in [5.41, 5.74) is 6.37. The maximum atomic E-state index is 6.28. The van der Waals surface area contributed by atoms with E-state index >= 15 is 0 Å². The molecule has 1 aliphatic rings. The van der Waals surface area contributed by atoms with E-state index in [0.717, 1.165) is 22.2 Å². The summed E-state index contributed by atoms with van der Waals surface area (Å²) in [7, 11) is 0. The van der Waals surface area contributed by atoms with Crippen LogP contribution in [0.5, 0.6) is 0 Å². The number of nitrogens with zero attached hydrogens (tertiary/aromatic N) is 4. The first-order chi connectivity index (χ1) is 9.95. The van der Waals surface area contributed by atoms with Gasteiger partial charge in [-0.1, -0.05) is 51.4 Å². The molecule has 1 unspecified atom stereocenters. The Bertz CT molecular complexity index is 603. The number of rotatable bonds is 3. The van der Waals surface area contributed by atoms with Crippen molar-refractivity contribution in [1.82, 2.24) is 19.8 Å². The van der Waals surface area contributed by atoms with Crippen molar-refractivity contribution in [3.8, 4) is 0 Å². The lowest BCUT2D eigenvalue weighted by Gasteiger charge is -2.25. The molecule has 3 rings (SSSR count). The van der Waals surface area contributed by atoms with Crippen molar-refractivity contribution in [3.05, 3.63) is 10.8 Å². The lowest BCUT2D eigenvalue weighted by atomic mass is 9.86. The maximum absolute atomic E-state index is 6.28. The van der Waals surface area contributed by atoms with Crippen LogP contribution in [0.1, 0.15) is 69.6 Å². The van der Waals surface area contributed by atoms with Gasteiger partial charge in [-0.15, -0.1) is 10.2 Å². The zero-order valence-electron chi connectivity index (χ0n) is 13.2. The third-order valence-corrected chi connectivity index (χ3v) is 5.46. The van der Waals surface area contributed by atoms with Crippen LogP contribution in [0.2, 0.25) is 0 Å². The van der Waals surface area contributed by atoms with Crippen molar-refractivity contribution in [2.75, 3.05) is 0 Å². The fourth-order valence-electron chi connectivity index (χ4n) is 2.86. The zero-order valence-corrected chi connectivity index (χ0v) is 14.0. The quantitative estimate of drug-likeness (QED) is 0.945. The van der Waals surface area contributed by atoms with Gasteiger partial charge in [0.1, 0.15) is 5.01 Å². The molecule has 0 aliphatic heterocycles. The Kier molecular flexibility index (Phi) is 4.01. The lowest BCUT2D eigenvalue weighted by Crippen LogP contribution is -2.36. The second-order valence-electron chi connectivity index (χ2n) is 7.26. The molecule has 0 aromatic carbocycles. The van der Waals surface area contributed by atoms with Gasteiger partial charge in [0.2, 0.25) is 4.96 Å². The highest BCUT2D eigenvalue weighted by molar-refractivity contribution is 7.16. The molecule has 2 N–H and O–H groups in total. The van der Waals surface area contributed by atoms with Crippen molar-refractivity contribution in [1.29, 1.82) is 0 Å². The van der Waals surface area contributed by atoms with Gasteiger partial charge in [0, 0.05) is 18.4 Å². The minimum Gasteiger partial charge on any atom is -0.327 e. The highest BCUT2D eigenvalue weighted by Crippen LogP contribution is 2.32. The highest BCUT2D eigenvalue weighted by atomic mass is 32.1. The topological polar surface area (TPSA) is 69.1 Å². The van der Waals surface area contributed by atoms with Gasteiger partial charge in [-0.05, 0) is 18.3 Å². The molecule has 116 valence electrons. The number of hydrogen-bond donors (Lipinski definition) is 1. The first-order valence-electron chi connectivity index (χ1n) is 7.92. The first kappa shape index (κ1) is 14.9. The standard InChI is InChI=1S/C15H25N5S/c1-15(2,3)11(16)9-12-19-20-13(17-18-14(20)21-12)10-7-5-4-6-8-10/h10-11H,4-9,16H2,1-3H3. The second kappa shape index (κ2) is 5.65. The van der Waals surface area contributed by atoms with Crippen LogP contribution >= 0.6 is 11.3 Å². The number of hydrogen-bond acceptors (Lipinski definition) is 5. The van der Waals surface area contributed by atoms with E-state index in [1.165, 1.54) is 32.1 Å². The first-order valence-corrected chi connectivity index (χ1v) is 8.73. The number of fused-ring (bicyclic) bond motifs is 1. The Hall–Kier alpha value is -1.01. The molecule has 2 aromatic rings. The third-order valence-electron chi connectivity index (χ3n) is 4.53. The largest absolute Gasteiger partial charge is 0.327 e. The molecule has 0 spiro atoms. The minimum atomic E-state index is 0.0954. The summed E-state index contributed by atoms with van der Waals surface area (Å²) < 4.78 is 1.96. The van der Waals surface area contributed by atoms with Crippen molar-refractivity contribution in [2.45, 2.75) is 71.3 Å². The Morgan fingerprint density at radius 2 is 1.95 bits per heavy atom. The molecular weight excluding hydrogens is 282 g/mol. The molecule has 0 saturated heterocycles. The van der Waals surface area contributed by atoms with E-state index in [1.54, 1.807) is 11.3 Å².